The molecule has 0 unspecified atom stereocenters. The predicted octanol–water partition coefficient (Wildman–Crippen LogP) is 13.7. The van der Waals surface area contributed by atoms with Gasteiger partial charge in [0.1, 0.15) is 5.82 Å². The van der Waals surface area contributed by atoms with E-state index in [1.54, 1.807) is 0 Å². The second-order valence-electron chi connectivity index (χ2n) is 13.5. The van der Waals surface area contributed by atoms with Crippen LogP contribution in [0, 0.1) is 0 Å². The summed E-state index contributed by atoms with van der Waals surface area (Å²) in [5.41, 5.74) is 13.8. The van der Waals surface area contributed by atoms with Crippen LogP contribution in [0.25, 0.3) is 94.2 Å². The van der Waals surface area contributed by atoms with Gasteiger partial charge in [0.2, 0.25) is 0 Å². The summed E-state index contributed by atoms with van der Waals surface area (Å²) >= 11 is 0. The lowest BCUT2D eigenvalue weighted by Gasteiger charge is -2.19. The van der Waals surface area contributed by atoms with E-state index >= 15 is 0 Å². The standard InChI is InChI=1S/C51H34N2/c1-4-18-35(19-5-1)39-24-10-12-26-41(39)50-44-29-15-13-27-42(44)49(43-28-14-16-30-45(43)50)37-32-33-48-47(34-37)52-51(53(48)38-22-8-3-9-23-38)46-31-17-11-25-40(46)36-20-6-2-7-21-36/h1-34H. The van der Waals surface area contributed by atoms with E-state index in [0.29, 0.717) is 0 Å². The maximum atomic E-state index is 5.47. The molecular weight excluding hydrogens is 641 g/mol. The van der Waals surface area contributed by atoms with Crippen LogP contribution in [0.4, 0.5) is 0 Å². The summed E-state index contributed by atoms with van der Waals surface area (Å²) in [6.07, 6.45) is 0. The Kier molecular flexibility index (Phi) is 7.51. The first kappa shape index (κ1) is 30.8. The van der Waals surface area contributed by atoms with Gasteiger partial charge in [0.25, 0.3) is 0 Å². The first-order chi connectivity index (χ1) is 26.3. The molecule has 0 saturated heterocycles. The van der Waals surface area contributed by atoms with Gasteiger partial charge in [-0.25, -0.2) is 4.98 Å². The fourth-order valence-corrected chi connectivity index (χ4v) is 8.10. The number of benzene rings is 9. The number of para-hydroxylation sites is 1. The predicted molar refractivity (Wildman–Crippen MR) is 223 cm³/mol. The Morgan fingerprint density at radius 3 is 1.32 bits per heavy atom. The van der Waals surface area contributed by atoms with Crippen molar-refractivity contribution in [2.24, 2.45) is 0 Å². The average Bonchev–Trinajstić information content (AvgIpc) is 3.62. The Morgan fingerprint density at radius 1 is 0.321 bits per heavy atom. The molecule has 248 valence electrons. The van der Waals surface area contributed by atoms with Crippen molar-refractivity contribution < 1.29 is 0 Å². The Bertz CT molecular complexity index is 2870. The molecule has 9 aromatic carbocycles. The lowest BCUT2D eigenvalue weighted by atomic mass is 9.84. The van der Waals surface area contributed by atoms with Crippen LogP contribution in [-0.2, 0) is 0 Å². The monoisotopic (exact) mass is 674 g/mol. The van der Waals surface area contributed by atoms with Crippen molar-refractivity contribution in [1.29, 1.82) is 0 Å². The van der Waals surface area contributed by atoms with E-state index < -0.39 is 0 Å². The molecule has 0 amide bonds. The van der Waals surface area contributed by atoms with Crippen LogP contribution in [0.2, 0.25) is 0 Å². The van der Waals surface area contributed by atoms with E-state index in [1.165, 1.54) is 54.9 Å². The van der Waals surface area contributed by atoms with Crippen LogP contribution in [0.3, 0.4) is 0 Å². The molecule has 0 aliphatic rings. The molecular formula is C51H34N2. The van der Waals surface area contributed by atoms with Gasteiger partial charge in [-0.05, 0) is 90.3 Å². The zero-order chi connectivity index (χ0) is 35.1. The van der Waals surface area contributed by atoms with Gasteiger partial charge in [-0.2, -0.15) is 0 Å². The van der Waals surface area contributed by atoms with Gasteiger partial charge in [0.05, 0.1) is 11.0 Å². The highest BCUT2D eigenvalue weighted by Crippen LogP contribution is 2.46. The molecule has 0 N–H and O–H groups in total. The number of fused-ring (bicyclic) bond motifs is 3. The SMILES string of the molecule is c1ccc(-c2ccccc2-c2c3ccccc3c(-c3ccc4c(c3)nc(-c3ccccc3-c3ccccc3)n4-c3ccccc3)c3ccccc23)cc1. The second kappa shape index (κ2) is 12.9. The molecule has 1 heterocycles. The molecule has 10 rings (SSSR count). The summed E-state index contributed by atoms with van der Waals surface area (Å²) in [6, 6.07) is 73.9. The van der Waals surface area contributed by atoms with E-state index in [0.717, 1.165) is 39.2 Å². The summed E-state index contributed by atoms with van der Waals surface area (Å²) in [7, 11) is 0. The summed E-state index contributed by atoms with van der Waals surface area (Å²) < 4.78 is 2.31. The molecule has 53 heavy (non-hydrogen) atoms. The zero-order valence-electron chi connectivity index (χ0n) is 29.0. The normalized spacial score (nSPS) is 11.4. The molecule has 0 atom stereocenters. The van der Waals surface area contributed by atoms with Crippen LogP contribution < -0.4 is 0 Å². The van der Waals surface area contributed by atoms with Gasteiger partial charge in [-0.15, -0.1) is 0 Å². The molecule has 2 heteroatoms. The van der Waals surface area contributed by atoms with Crippen molar-refractivity contribution in [3.05, 3.63) is 206 Å². The minimum absolute atomic E-state index is 0.922. The lowest BCUT2D eigenvalue weighted by Crippen LogP contribution is -1.98. The van der Waals surface area contributed by atoms with Gasteiger partial charge in [-0.3, -0.25) is 4.57 Å². The van der Waals surface area contributed by atoms with Crippen molar-refractivity contribution in [3.63, 3.8) is 0 Å². The largest absolute Gasteiger partial charge is 0.292 e. The van der Waals surface area contributed by atoms with Crippen molar-refractivity contribution in [3.8, 4) is 61.6 Å². The number of imidazole rings is 1. The minimum Gasteiger partial charge on any atom is -0.292 e. The zero-order valence-corrected chi connectivity index (χ0v) is 29.0. The Morgan fingerprint density at radius 2 is 0.755 bits per heavy atom. The minimum atomic E-state index is 0.922. The van der Waals surface area contributed by atoms with Gasteiger partial charge in [0, 0.05) is 11.3 Å². The van der Waals surface area contributed by atoms with E-state index in [9.17, 15) is 0 Å². The maximum absolute atomic E-state index is 5.47. The molecule has 0 saturated carbocycles. The van der Waals surface area contributed by atoms with Crippen LogP contribution in [0.15, 0.2) is 206 Å². The van der Waals surface area contributed by atoms with Crippen molar-refractivity contribution in [2.75, 3.05) is 0 Å². The highest BCUT2D eigenvalue weighted by molar-refractivity contribution is 6.22. The summed E-state index contributed by atoms with van der Waals surface area (Å²) in [5, 5.41) is 4.91. The fraction of sp³-hybridized carbons (Fsp3) is 0. The molecule has 0 aliphatic heterocycles. The molecule has 10 aromatic rings. The molecule has 0 spiro atoms. The number of hydrogen-bond donors (Lipinski definition) is 0. The quantitative estimate of drug-likeness (QED) is 0.161. The fourth-order valence-electron chi connectivity index (χ4n) is 8.10. The topological polar surface area (TPSA) is 17.8 Å². The van der Waals surface area contributed by atoms with Gasteiger partial charge in [-0.1, -0.05) is 182 Å². The van der Waals surface area contributed by atoms with Gasteiger partial charge < -0.3 is 0 Å². The molecule has 0 bridgehead atoms. The van der Waals surface area contributed by atoms with Gasteiger partial charge in [0.15, 0.2) is 0 Å². The van der Waals surface area contributed by atoms with E-state index in [1.807, 2.05) is 0 Å². The van der Waals surface area contributed by atoms with Crippen LogP contribution in [0.5, 0.6) is 0 Å². The van der Waals surface area contributed by atoms with E-state index in [2.05, 4.69) is 211 Å². The Labute approximate surface area is 308 Å². The van der Waals surface area contributed by atoms with E-state index in [4.69, 9.17) is 4.98 Å². The molecule has 0 radical (unpaired) electrons. The molecule has 0 fully saturated rings. The summed E-state index contributed by atoms with van der Waals surface area (Å²) in [5.74, 6) is 0.922. The van der Waals surface area contributed by atoms with Crippen molar-refractivity contribution in [1.82, 2.24) is 9.55 Å². The first-order valence-electron chi connectivity index (χ1n) is 18.1. The maximum Gasteiger partial charge on any atom is 0.146 e. The highest BCUT2D eigenvalue weighted by atomic mass is 15.1. The Balaban J connectivity index is 1.23. The summed E-state index contributed by atoms with van der Waals surface area (Å²) in [4.78, 5) is 5.47. The second-order valence-corrected chi connectivity index (χ2v) is 13.5. The molecule has 2 nitrogen and oxygen atoms in total. The number of nitrogens with zero attached hydrogens (tertiary/aromatic N) is 2. The average molecular weight is 675 g/mol. The molecule has 1 aromatic heterocycles. The molecule has 0 aliphatic carbocycles. The number of rotatable bonds is 6. The third kappa shape index (κ3) is 5.23. The number of hydrogen-bond acceptors (Lipinski definition) is 1. The van der Waals surface area contributed by atoms with Gasteiger partial charge >= 0.3 is 0 Å². The summed E-state index contributed by atoms with van der Waals surface area (Å²) in [6.45, 7) is 0. The number of aromatic nitrogens is 2. The van der Waals surface area contributed by atoms with Crippen molar-refractivity contribution >= 4 is 32.6 Å². The highest BCUT2D eigenvalue weighted by Gasteiger charge is 2.21. The van der Waals surface area contributed by atoms with Crippen LogP contribution in [-0.4, -0.2) is 9.55 Å². The lowest BCUT2D eigenvalue weighted by molar-refractivity contribution is 1.10. The first-order valence-corrected chi connectivity index (χ1v) is 18.1. The van der Waals surface area contributed by atoms with Crippen LogP contribution >= 0.6 is 0 Å². The van der Waals surface area contributed by atoms with E-state index in [-0.39, 0.29) is 0 Å². The Hall–Kier alpha value is -7.03. The third-order valence-electron chi connectivity index (χ3n) is 10.4. The van der Waals surface area contributed by atoms with Crippen molar-refractivity contribution in [2.45, 2.75) is 0 Å². The van der Waals surface area contributed by atoms with Crippen LogP contribution in [0.1, 0.15) is 0 Å². The third-order valence-corrected chi connectivity index (χ3v) is 10.4. The smallest absolute Gasteiger partial charge is 0.146 e.